The quantitative estimate of drug-likeness (QED) is 0.760. The first-order valence-electron chi connectivity index (χ1n) is 6.73. The van der Waals surface area contributed by atoms with E-state index in [9.17, 15) is 0 Å². The van der Waals surface area contributed by atoms with Crippen molar-refractivity contribution in [2.24, 2.45) is 0 Å². The smallest absolute Gasteiger partial charge is 0.147 e. The Balaban J connectivity index is 2.83. The fourth-order valence-electron chi connectivity index (χ4n) is 1.73. The molecule has 0 fully saturated rings. The fraction of sp³-hybridized carbons (Fsp3) is 0.533. The van der Waals surface area contributed by atoms with E-state index in [1.165, 1.54) is 0 Å². The summed E-state index contributed by atoms with van der Waals surface area (Å²) >= 11 is 6.30. The monoisotopic (exact) mass is 297 g/mol. The molecule has 0 saturated heterocycles. The van der Waals surface area contributed by atoms with Gasteiger partial charge in [0.05, 0.1) is 11.6 Å². The second-order valence-corrected chi connectivity index (χ2v) is 6.12. The van der Waals surface area contributed by atoms with Crippen LogP contribution in [0.5, 0.6) is 0 Å². The number of aliphatic hydroxyl groups excluding tert-OH is 1. The normalized spacial score (nSPS) is 11.4. The summed E-state index contributed by atoms with van der Waals surface area (Å²) in [6.07, 6.45) is 3.58. The Labute approximate surface area is 126 Å². The number of aliphatic hydroxyl groups is 1. The molecule has 5 heteroatoms. The number of hydrogen-bond acceptors (Lipinski definition) is 4. The topological polar surface area (TPSA) is 48.4 Å². The zero-order valence-electron chi connectivity index (χ0n) is 12.5. The summed E-state index contributed by atoms with van der Waals surface area (Å²) in [6.45, 7) is 11.9. The van der Waals surface area contributed by atoms with Gasteiger partial charge in [-0.1, -0.05) is 17.7 Å². The van der Waals surface area contributed by atoms with Crippen LogP contribution in [0.4, 0.5) is 5.82 Å². The molecule has 0 atom stereocenters. The van der Waals surface area contributed by atoms with Crippen molar-refractivity contribution in [3.63, 3.8) is 0 Å². The van der Waals surface area contributed by atoms with E-state index in [0.29, 0.717) is 23.9 Å². The number of halogens is 1. The van der Waals surface area contributed by atoms with Crippen LogP contribution in [0.3, 0.4) is 0 Å². The van der Waals surface area contributed by atoms with Gasteiger partial charge < -0.3 is 15.3 Å². The maximum Gasteiger partial charge on any atom is 0.147 e. The van der Waals surface area contributed by atoms with Crippen LogP contribution in [-0.4, -0.2) is 35.3 Å². The van der Waals surface area contributed by atoms with Crippen molar-refractivity contribution in [1.29, 1.82) is 0 Å². The van der Waals surface area contributed by atoms with Gasteiger partial charge in [0.1, 0.15) is 5.82 Å². The highest BCUT2D eigenvalue weighted by Crippen LogP contribution is 2.24. The Bertz CT molecular complexity index is 443. The Morgan fingerprint density at radius 3 is 2.70 bits per heavy atom. The Kier molecular flexibility index (Phi) is 6.46. The minimum Gasteiger partial charge on any atom is -0.395 e. The molecule has 4 nitrogen and oxygen atoms in total. The zero-order valence-corrected chi connectivity index (χ0v) is 13.2. The van der Waals surface area contributed by atoms with Gasteiger partial charge in [0.25, 0.3) is 0 Å². The molecule has 0 aromatic carbocycles. The van der Waals surface area contributed by atoms with Gasteiger partial charge in [-0.3, -0.25) is 0 Å². The van der Waals surface area contributed by atoms with E-state index in [0.717, 1.165) is 12.1 Å². The lowest BCUT2D eigenvalue weighted by Crippen LogP contribution is -2.35. The van der Waals surface area contributed by atoms with Crippen LogP contribution in [0, 0.1) is 0 Å². The predicted octanol–water partition coefficient (Wildman–Crippen LogP) is 2.61. The molecular weight excluding hydrogens is 274 g/mol. The van der Waals surface area contributed by atoms with Gasteiger partial charge in [0.15, 0.2) is 0 Å². The van der Waals surface area contributed by atoms with Crippen LogP contribution in [0.1, 0.15) is 26.3 Å². The van der Waals surface area contributed by atoms with E-state index in [4.69, 9.17) is 16.7 Å². The van der Waals surface area contributed by atoms with Gasteiger partial charge in [0, 0.05) is 31.4 Å². The van der Waals surface area contributed by atoms with Crippen LogP contribution < -0.4 is 10.2 Å². The molecule has 2 N–H and O–H groups in total. The van der Waals surface area contributed by atoms with Crippen molar-refractivity contribution in [2.45, 2.75) is 32.9 Å². The number of rotatable bonds is 7. The van der Waals surface area contributed by atoms with Crippen LogP contribution in [0.2, 0.25) is 5.02 Å². The molecule has 1 heterocycles. The molecule has 112 valence electrons. The SMILES string of the molecule is C=CCN(CCO)c1ncc(CNC(C)(C)C)cc1Cl. The number of aromatic nitrogens is 1. The molecule has 0 aliphatic rings. The van der Waals surface area contributed by atoms with Gasteiger partial charge in [0.2, 0.25) is 0 Å². The molecule has 0 saturated carbocycles. The first-order chi connectivity index (χ1) is 9.37. The first-order valence-corrected chi connectivity index (χ1v) is 7.11. The Morgan fingerprint density at radius 2 is 2.20 bits per heavy atom. The van der Waals surface area contributed by atoms with E-state index >= 15 is 0 Å². The maximum atomic E-state index is 9.09. The summed E-state index contributed by atoms with van der Waals surface area (Å²) in [5.74, 6) is 0.681. The second kappa shape index (κ2) is 7.62. The van der Waals surface area contributed by atoms with Crippen LogP contribution >= 0.6 is 11.6 Å². The Morgan fingerprint density at radius 1 is 1.50 bits per heavy atom. The molecule has 0 spiro atoms. The van der Waals surface area contributed by atoms with Gasteiger partial charge in [-0.15, -0.1) is 6.58 Å². The number of nitrogens with one attached hydrogen (secondary N) is 1. The molecule has 20 heavy (non-hydrogen) atoms. The van der Waals surface area contributed by atoms with Crippen LogP contribution in [0.25, 0.3) is 0 Å². The van der Waals surface area contributed by atoms with E-state index in [1.807, 2.05) is 17.2 Å². The largest absolute Gasteiger partial charge is 0.395 e. The minimum absolute atomic E-state index is 0.0525. The lowest BCUT2D eigenvalue weighted by molar-refractivity contribution is 0.302. The third kappa shape index (κ3) is 5.49. The van der Waals surface area contributed by atoms with Gasteiger partial charge >= 0.3 is 0 Å². The highest BCUT2D eigenvalue weighted by molar-refractivity contribution is 6.33. The van der Waals surface area contributed by atoms with Crippen LogP contribution in [-0.2, 0) is 6.54 Å². The van der Waals surface area contributed by atoms with Crippen molar-refractivity contribution in [1.82, 2.24) is 10.3 Å². The lowest BCUT2D eigenvalue weighted by Gasteiger charge is -2.23. The molecule has 0 aliphatic heterocycles. The molecule has 1 aromatic heterocycles. The van der Waals surface area contributed by atoms with Crippen molar-refractivity contribution in [3.05, 3.63) is 35.5 Å². The van der Waals surface area contributed by atoms with Gasteiger partial charge in [-0.25, -0.2) is 4.98 Å². The number of hydrogen-bond donors (Lipinski definition) is 2. The van der Waals surface area contributed by atoms with E-state index in [1.54, 1.807) is 6.08 Å². The summed E-state index contributed by atoms with van der Waals surface area (Å²) in [5, 5.41) is 13.1. The molecule has 0 unspecified atom stereocenters. The van der Waals surface area contributed by atoms with E-state index in [2.05, 4.69) is 37.7 Å². The fourth-order valence-corrected chi connectivity index (χ4v) is 2.04. The van der Waals surface area contributed by atoms with Crippen LogP contribution in [0.15, 0.2) is 24.9 Å². The molecule has 1 rings (SSSR count). The van der Waals surface area contributed by atoms with Crippen molar-refractivity contribution >= 4 is 17.4 Å². The summed E-state index contributed by atoms with van der Waals surface area (Å²) in [4.78, 5) is 6.31. The number of pyridine rings is 1. The molecular formula is C15H24ClN3O. The minimum atomic E-state index is 0.0525. The summed E-state index contributed by atoms with van der Waals surface area (Å²) < 4.78 is 0. The second-order valence-electron chi connectivity index (χ2n) is 5.71. The average Bonchev–Trinajstić information content (AvgIpc) is 2.35. The van der Waals surface area contributed by atoms with Gasteiger partial charge in [-0.2, -0.15) is 0 Å². The standard InChI is InChI=1S/C15H24ClN3O/c1-5-6-19(7-8-20)14-13(16)9-12(10-17-14)11-18-15(2,3)4/h5,9-10,18,20H,1,6-8,11H2,2-4H3. The molecule has 0 bridgehead atoms. The van der Waals surface area contributed by atoms with Crippen molar-refractivity contribution in [3.8, 4) is 0 Å². The number of nitrogens with zero attached hydrogens (tertiary/aromatic N) is 2. The molecule has 0 amide bonds. The highest BCUT2D eigenvalue weighted by Gasteiger charge is 2.13. The summed E-state index contributed by atoms with van der Waals surface area (Å²) in [6, 6.07) is 1.91. The third-order valence-electron chi connectivity index (χ3n) is 2.72. The zero-order chi connectivity index (χ0) is 15.2. The van der Waals surface area contributed by atoms with E-state index in [-0.39, 0.29) is 12.1 Å². The average molecular weight is 298 g/mol. The first kappa shape index (κ1) is 17.0. The van der Waals surface area contributed by atoms with E-state index < -0.39 is 0 Å². The predicted molar refractivity (Wildman–Crippen MR) is 85.3 cm³/mol. The van der Waals surface area contributed by atoms with Gasteiger partial charge in [-0.05, 0) is 32.4 Å². The highest BCUT2D eigenvalue weighted by atomic mass is 35.5. The summed E-state index contributed by atoms with van der Waals surface area (Å²) in [7, 11) is 0. The Hall–Kier alpha value is -1.10. The lowest BCUT2D eigenvalue weighted by atomic mass is 10.1. The summed E-state index contributed by atoms with van der Waals surface area (Å²) in [5.41, 5.74) is 1.09. The maximum absolute atomic E-state index is 9.09. The number of anilines is 1. The third-order valence-corrected chi connectivity index (χ3v) is 3.00. The molecule has 0 radical (unpaired) electrons. The van der Waals surface area contributed by atoms with Crippen molar-refractivity contribution in [2.75, 3.05) is 24.6 Å². The van der Waals surface area contributed by atoms with Crippen molar-refractivity contribution < 1.29 is 5.11 Å². The molecule has 0 aliphatic carbocycles. The molecule has 1 aromatic rings.